The topological polar surface area (TPSA) is 67.8 Å². The van der Waals surface area contributed by atoms with Crippen LogP contribution in [-0.4, -0.2) is 27.8 Å². The van der Waals surface area contributed by atoms with Crippen molar-refractivity contribution in [2.45, 2.75) is 23.1 Å². The summed E-state index contributed by atoms with van der Waals surface area (Å²) < 4.78 is 30.4. The molecule has 0 amide bonds. The van der Waals surface area contributed by atoms with Crippen molar-refractivity contribution in [3.05, 3.63) is 54.1 Å². The van der Waals surface area contributed by atoms with Gasteiger partial charge in [0.15, 0.2) is 0 Å². The Morgan fingerprint density at radius 2 is 1.71 bits per heavy atom. The van der Waals surface area contributed by atoms with E-state index in [2.05, 4.69) is 10.5 Å². The van der Waals surface area contributed by atoms with E-state index in [0.29, 0.717) is 17.4 Å². The monoisotopic (exact) mass is 344 g/mol. The average Bonchev–Trinajstić information content (AvgIpc) is 3.09. The number of anilines is 1. The van der Waals surface area contributed by atoms with Crippen molar-refractivity contribution in [3.8, 4) is 0 Å². The molecule has 1 heterocycles. The maximum atomic E-state index is 12.6. The van der Waals surface area contributed by atoms with Crippen molar-refractivity contribution in [1.82, 2.24) is 0 Å². The maximum absolute atomic E-state index is 12.6. The van der Waals surface area contributed by atoms with Crippen molar-refractivity contribution in [3.63, 3.8) is 0 Å². The quantitative estimate of drug-likeness (QED) is 0.668. The molecule has 126 valence electrons. The Morgan fingerprint density at radius 3 is 2.29 bits per heavy atom. The Hall–Kier alpha value is -2.18. The Morgan fingerprint density at radius 1 is 1.08 bits per heavy atom. The lowest BCUT2D eigenvalue weighted by molar-refractivity contribution is 0.193. The molecular formula is C18H20N2O3S. The molecule has 6 heteroatoms. The molecule has 5 nitrogen and oxygen atoms in total. The Bertz CT molecular complexity index is 806. The maximum Gasteiger partial charge on any atom is 0.206 e. The summed E-state index contributed by atoms with van der Waals surface area (Å²) in [5.41, 5.74) is 4.69. The van der Waals surface area contributed by atoms with Gasteiger partial charge in [-0.1, -0.05) is 17.7 Å². The molecule has 1 N–H and O–H groups in total. The predicted octanol–water partition coefficient (Wildman–Crippen LogP) is 3.26. The van der Waals surface area contributed by atoms with E-state index in [-0.39, 0.29) is 4.90 Å². The van der Waals surface area contributed by atoms with Gasteiger partial charge in [-0.25, -0.2) is 8.42 Å². The number of nitrogens with one attached hydrogen (secondary N) is 1. The third-order valence-electron chi connectivity index (χ3n) is 3.94. The fourth-order valence-corrected chi connectivity index (χ4v) is 3.71. The van der Waals surface area contributed by atoms with Crippen LogP contribution < -0.4 is 5.43 Å². The smallest absolute Gasteiger partial charge is 0.206 e. The molecule has 1 atom stereocenters. The van der Waals surface area contributed by atoms with E-state index < -0.39 is 9.84 Å². The zero-order valence-corrected chi connectivity index (χ0v) is 14.3. The van der Waals surface area contributed by atoms with Gasteiger partial charge >= 0.3 is 0 Å². The van der Waals surface area contributed by atoms with Crippen molar-refractivity contribution in [2.24, 2.45) is 11.0 Å². The van der Waals surface area contributed by atoms with Gasteiger partial charge in [0.05, 0.1) is 22.1 Å². The number of nitrogens with zero attached hydrogens (tertiary/aromatic N) is 1. The van der Waals surface area contributed by atoms with Crippen molar-refractivity contribution in [1.29, 1.82) is 0 Å². The van der Waals surface area contributed by atoms with Gasteiger partial charge in [-0.3, -0.25) is 5.43 Å². The minimum Gasteiger partial charge on any atom is -0.381 e. The number of ether oxygens (including phenoxy) is 1. The molecule has 0 radical (unpaired) electrons. The van der Waals surface area contributed by atoms with Gasteiger partial charge < -0.3 is 4.74 Å². The molecule has 1 fully saturated rings. The molecule has 0 saturated carbocycles. The van der Waals surface area contributed by atoms with Crippen LogP contribution in [0.5, 0.6) is 0 Å². The number of aryl methyl sites for hydroxylation is 1. The second-order valence-electron chi connectivity index (χ2n) is 5.85. The van der Waals surface area contributed by atoms with Gasteiger partial charge in [-0.15, -0.1) is 0 Å². The largest absolute Gasteiger partial charge is 0.381 e. The van der Waals surface area contributed by atoms with Crippen LogP contribution in [0.4, 0.5) is 5.69 Å². The molecular weight excluding hydrogens is 324 g/mol. The average molecular weight is 344 g/mol. The summed E-state index contributed by atoms with van der Waals surface area (Å²) in [6.07, 6.45) is 2.82. The molecule has 0 spiro atoms. The van der Waals surface area contributed by atoms with E-state index in [0.717, 1.165) is 24.3 Å². The molecule has 0 bridgehead atoms. The number of rotatable bonds is 5. The van der Waals surface area contributed by atoms with Gasteiger partial charge in [-0.05, 0) is 49.7 Å². The lowest BCUT2D eigenvalue weighted by Crippen LogP contribution is -2.03. The Labute approximate surface area is 142 Å². The normalized spacial score (nSPS) is 18.1. The zero-order valence-electron chi connectivity index (χ0n) is 13.5. The summed E-state index contributed by atoms with van der Waals surface area (Å²) in [5, 5.41) is 4.18. The standard InChI is InChI=1S/C18H20N2O3S/c1-14-2-6-17(7-3-14)24(21,22)18-8-4-16(5-9-18)20-19-12-15-10-11-23-13-15/h2-9,12,15,20H,10-11,13H2,1H3. The second kappa shape index (κ2) is 7.15. The van der Waals surface area contributed by atoms with Crippen molar-refractivity contribution in [2.75, 3.05) is 18.6 Å². The predicted molar refractivity (Wildman–Crippen MR) is 94.1 cm³/mol. The fourth-order valence-electron chi connectivity index (χ4n) is 2.45. The number of hydrazone groups is 1. The third-order valence-corrected chi connectivity index (χ3v) is 5.73. The summed E-state index contributed by atoms with van der Waals surface area (Å²) in [6, 6.07) is 13.5. The highest BCUT2D eigenvalue weighted by molar-refractivity contribution is 7.91. The highest BCUT2D eigenvalue weighted by atomic mass is 32.2. The van der Waals surface area contributed by atoms with Crippen LogP contribution in [-0.2, 0) is 14.6 Å². The summed E-state index contributed by atoms with van der Waals surface area (Å²) in [5.74, 6) is 0.346. The van der Waals surface area contributed by atoms with E-state index in [4.69, 9.17) is 4.74 Å². The first-order valence-electron chi connectivity index (χ1n) is 7.84. The third kappa shape index (κ3) is 3.83. The van der Waals surface area contributed by atoms with Gasteiger partial charge in [0.25, 0.3) is 0 Å². The molecule has 24 heavy (non-hydrogen) atoms. The Kier molecular flexibility index (Phi) is 4.97. The highest BCUT2D eigenvalue weighted by Crippen LogP contribution is 2.22. The molecule has 0 aliphatic carbocycles. The molecule has 1 aliphatic rings. The minimum absolute atomic E-state index is 0.269. The summed E-state index contributed by atoms with van der Waals surface area (Å²) in [7, 11) is -3.49. The Balaban J connectivity index is 1.70. The molecule has 2 aromatic rings. The van der Waals surface area contributed by atoms with Gasteiger partial charge in [0.1, 0.15) is 0 Å². The lowest BCUT2D eigenvalue weighted by atomic mass is 10.1. The van der Waals surface area contributed by atoms with Crippen LogP contribution in [0.15, 0.2) is 63.4 Å². The highest BCUT2D eigenvalue weighted by Gasteiger charge is 2.17. The van der Waals surface area contributed by atoms with E-state index in [1.807, 2.05) is 13.1 Å². The molecule has 1 saturated heterocycles. The first kappa shape index (κ1) is 16.7. The lowest BCUT2D eigenvalue weighted by Gasteiger charge is -2.07. The van der Waals surface area contributed by atoms with E-state index >= 15 is 0 Å². The van der Waals surface area contributed by atoms with Crippen LogP contribution in [0, 0.1) is 12.8 Å². The number of hydrogen-bond donors (Lipinski definition) is 1. The van der Waals surface area contributed by atoms with E-state index in [1.54, 1.807) is 48.5 Å². The van der Waals surface area contributed by atoms with Crippen molar-refractivity contribution < 1.29 is 13.2 Å². The van der Waals surface area contributed by atoms with Gasteiger partial charge in [-0.2, -0.15) is 5.10 Å². The van der Waals surface area contributed by atoms with Crippen LogP contribution >= 0.6 is 0 Å². The van der Waals surface area contributed by atoms with Crippen molar-refractivity contribution >= 4 is 21.7 Å². The molecule has 3 rings (SSSR count). The number of sulfone groups is 1. The van der Waals surface area contributed by atoms with Crippen LogP contribution in [0.1, 0.15) is 12.0 Å². The zero-order chi connectivity index (χ0) is 17.0. The number of hydrogen-bond acceptors (Lipinski definition) is 5. The first-order chi connectivity index (χ1) is 11.6. The molecule has 1 aliphatic heterocycles. The molecule has 0 aromatic heterocycles. The second-order valence-corrected chi connectivity index (χ2v) is 7.80. The fraction of sp³-hybridized carbons (Fsp3) is 0.278. The van der Waals surface area contributed by atoms with Crippen LogP contribution in [0.3, 0.4) is 0 Å². The minimum atomic E-state index is -3.49. The van der Waals surface area contributed by atoms with Crippen LogP contribution in [0.2, 0.25) is 0 Å². The van der Waals surface area contributed by atoms with Crippen LogP contribution in [0.25, 0.3) is 0 Å². The first-order valence-corrected chi connectivity index (χ1v) is 9.33. The van der Waals surface area contributed by atoms with E-state index in [9.17, 15) is 8.42 Å². The summed E-state index contributed by atoms with van der Waals surface area (Å²) >= 11 is 0. The number of benzene rings is 2. The SMILES string of the molecule is Cc1ccc(S(=O)(=O)c2ccc(NN=CC3CCOC3)cc2)cc1. The summed E-state index contributed by atoms with van der Waals surface area (Å²) in [6.45, 7) is 3.41. The van der Waals surface area contributed by atoms with Gasteiger partial charge in [0.2, 0.25) is 9.84 Å². The van der Waals surface area contributed by atoms with Gasteiger partial charge in [0, 0.05) is 18.7 Å². The van der Waals surface area contributed by atoms with E-state index in [1.165, 1.54) is 0 Å². The molecule has 2 aromatic carbocycles. The molecule has 1 unspecified atom stereocenters. The summed E-state index contributed by atoms with van der Waals surface area (Å²) in [4.78, 5) is 0.568.